The first kappa shape index (κ1) is 19.6. The molecule has 2 aromatic rings. The molecule has 2 unspecified atom stereocenters. The summed E-state index contributed by atoms with van der Waals surface area (Å²) in [5.74, 6) is 1.74. The molecule has 2 N–H and O–H groups in total. The Labute approximate surface area is 174 Å². The Hall–Kier alpha value is -2.74. The smallest absolute Gasteiger partial charge is 0.335 e. The van der Waals surface area contributed by atoms with E-state index in [-0.39, 0.29) is 12.0 Å². The number of nitrogens with one attached hydrogen (secondary N) is 2. The number of benzene rings is 1. The molecule has 4 rings (SSSR count). The summed E-state index contributed by atoms with van der Waals surface area (Å²) in [4.78, 5) is 28.1. The molecule has 29 heavy (non-hydrogen) atoms. The first-order valence-corrected chi connectivity index (χ1v) is 10.6. The van der Waals surface area contributed by atoms with Crippen LogP contribution in [0, 0.1) is 5.92 Å². The van der Waals surface area contributed by atoms with Crippen LogP contribution >= 0.6 is 11.3 Å². The van der Waals surface area contributed by atoms with E-state index < -0.39 is 6.03 Å². The fourth-order valence-corrected chi connectivity index (χ4v) is 4.73. The number of carbonyl (C=O) groups excluding carboxylic acids is 2. The number of urea groups is 1. The Morgan fingerprint density at radius 2 is 2.03 bits per heavy atom. The van der Waals surface area contributed by atoms with E-state index in [4.69, 9.17) is 9.47 Å². The summed E-state index contributed by atoms with van der Waals surface area (Å²) >= 11 is 1.51. The van der Waals surface area contributed by atoms with Gasteiger partial charge in [-0.3, -0.25) is 10.2 Å². The van der Waals surface area contributed by atoms with Gasteiger partial charge < -0.3 is 14.4 Å². The number of amides is 3. The summed E-state index contributed by atoms with van der Waals surface area (Å²) < 4.78 is 11.5. The Morgan fingerprint density at radius 3 is 2.86 bits per heavy atom. The normalized spacial score (nSPS) is 19.8. The number of likely N-dealkylation sites (N-methyl/N-ethyl adjacent to an activating group) is 1. The van der Waals surface area contributed by atoms with Crippen molar-refractivity contribution in [1.29, 1.82) is 0 Å². The Morgan fingerprint density at radius 1 is 1.24 bits per heavy atom. The third-order valence-corrected chi connectivity index (χ3v) is 6.46. The van der Waals surface area contributed by atoms with Crippen molar-refractivity contribution in [3.63, 3.8) is 0 Å². The Balaban J connectivity index is 1.27. The molecule has 0 spiro atoms. The van der Waals surface area contributed by atoms with E-state index in [2.05, 4.69) is 17.8 Å². The van der Waals surface area contributed by atoms with Gasteiger partial charge in [0.2, 0.25) is 0 Å². The number of para-hydroxylation sites is 2. The van der Waals surface area contributed by atoms with Crippen molar-refractivity contribution in [2.45, 2.75) is 32.3 Å². The molecule has 8 heteroatoms. The lowest BCUT2D eigenvalue weighted by Gasteiger charge is -2.29. The van der Waals surface area contributed by atoms with Crippen LogP contribution in [0.25, 0.3) is 0 Å². The number of hydrogen-bond acceptors (Lipinski definition) is 5. The lowest BCUT2D eigenvalue weighted by Crippen LogP contribution is -2.50. The molecule has 2 atom stereocenters. The van der Waals surface area contributed by atoms with Crippen LogP contribution in [0.4, 0.5) is 4.79 Å². The van der Waals surface area contributed by atoms with E-state index in [9.17, 15) is 9.59 Å². The van der Waals surface area contributed by atoms with Crippen molar-refractivity contribution in [3.05, 3.63) is 45.6 Å². The van der Waals surface area contributed by atoms with E-state index in [1.54, 1.807) is 7.05 Å². The van der Waals surface area contributed by atoms with Gasteiger partial charge in [0.1, 0.15) is 6.61 Å². The van der Waals surface area contributed by atoms with E-state index in [0.717, 1.165) is 19.3 Å². The maximum Gasteiger partial charge on any atom is 0.335 e. The summed E-state index contributed by atoms with van der Waals surface area (Å²) in [5, 5.41) is 0. The SMILES string of the molecule is CC1CCc2sc(C(=O)NNC(=O)N(C)CC3COc4ccccc4O3)cc2C1. The van der Waals surface area contributed by atoms with Crippen LogP contribution in [-0.4, -0.2) is 43.1 Å². The van der Waals surface area contributed by atoms with Crippen molar-refractivity contribution in [2.24, 2.45) is 5.92 Å². The minimum Gasteiger partial charge on any atom is -0.486 e. The van der Waals surface area contributed by atoms with E-state index in [1.807, 2.05) is 30.3 Å². The lowest BCUT2D eigenvalue weighted by atomic mass is 9.90. The first-order valence-electron chi connectivity index (χ1n) is 9.81. The number of fused-ring (bicyclic) bond motifs is 2. The molecule has 2 aliphatic rings. The summed E-state index contributed by atoms with van der Waals surface area (Å²) in [6.07, 6.45) is 2.92. The predicted molar refractivity (Wildman–Crippen MR) is 110 cm³/mol. The number of hydrazine groups is 1. The summed E-state index contributed by atoms with van der Waals surface area (Å²) in [6, 6.07) is 8.99. The minimum atomic E-state index is -0.407. The van der Waals surface area contributed by atoms with Gasteiger partial charge in [0.25, 0.3) is 5.91 Å². The number of aryl methyl sites for hydroxylation is 1. The molecule has 0 saturated heterocycles. The molecule has 0 radical (unpaired) electrons. The fourth-order valence-electron chi connectivity index (χ4n) is 3.63. The highest BCUT2D eigenvalue weighted by molar-refractivity contribution is 7.14. The van der Waals surface area contributed by atoms with Gasteiger partial charge in [-0.05, 0) is 48.9 Å². The van der Waals surface area contributed by atoms with Gasteiger partial charge in [0, 0.05) is 11.9 Å². The van der Waals surface area contributed by atoms with Crippen LogP contribution in [0.1, 0.15) is 33.5 Å². The van der Waals surface area contributed by atoms with Gasteiger partial charge in [0.05, 0.1) is 11.4 Å². The molecular weight excluding hydrogens is 390 g/mol. The van der Waals surface area contributed by atoms with E-state index in [0.29, 0.717) is 35.4 Å². The second-order valence-electron chi connectivity index (χ2n) is 7.67. The van der Waals surface area contributed by atoms with Gasteiger partial charge in [-0.15, -0.1) is 11.3 Å². The zero-order valence-corrected chi connectivity index (χ0v) is 17.4. The third-order valence-electron chi connectivity index (χ3n) is 5.23. The monoisotopic (exact) mass is 415 g/mol. The second-order valence-corrected chi connectivity index (χ2v) is 8.81. The van der Waals surface area contributed by atoms with Crippen LogP contribution < -0.4 is 20.3 Å². The Kier molecular flexibility index (Phi) is 5.62. The molecule has 7 nitrogen and oxygen atoms in total. The zero-order valence-electron chi connectivity index (χ0n) is 16.6. The highest BCUT2D eigenvalue weighted by Crippen LogP contribution is 2.32. The topological polar surface area (TPSA) is 79.9 Å². The van der Waals surface area contributed by atoms with E-state index >= 15 is 0 Å². The van der Waals surface area contributed by atoms with Crippen LogP contribution in [0.3, 0.4) is 0 Å². The Bertz CT molecular complexity index is 913. The van der Waals surface area contributed by atoms with Crippen LogP contribution in [0.2, 0.25) is 0 Å². The standard InChI is InChI=1S/C21H25N3O4S/c1-13-7-8-18-14(9-13)10-19(29-18)20(25)22-23-21(26)24(2)11-15-12-27-16-5-3-4-6-17(16)28-15/h3-6,10,13,15H,7-9,11-12H2,1-2H3,(H,22,25)(H,23,26). The number of hydrogen-bond donors (Lipinski definition) is 2. The third kappa shape index (κ3) is 4.48. The van der Waals surface area contributed by atoms with Crippen molar-refractivity contribution >= 4 is 23.3 Å². The summed E-state index contributed by atoms with van der Waals surface area (Å²) in [6.45, 7) is 2.93. The minimum absolute atomic E-state index is 0.276. The van der Waals surface area contributed by atoms with Crippen LogP contribution in [-0.2, 0) is 12.8 Å². The number of thiophene rings is 1. The molecule has 0 fully saturated rings. The second kappa shape index (κ2) is 8.32. The molecule has 1 aliphatic carbocycles. The zero-order chi connectivity index (χ0) is 20.4. The largest absolute Gasteiger partial charge is 0.486 e. The van der Waals surface area contributed by atoms with Crippen LogP contribution in [0.5, 0.6) is 11.5 Å². The summed E-state index contributed by atoms with van der Waals surface area (Å²) in [5.41, 5.74) is 6.25. The van der Waals surface area contributed by atoms with Gasteiger partial charge in [-0.25, -0.2) is 10.2 Å². The molecule has 2 heterocycles. The molecular formula is C21H25N3O4S. The first-order chi connectivity index (χ1) is 14.0. The maximum atomic E-state index is 12.4. The lowest BCUT2D eigenvalue weighted by molar-refractivity contribution is 0.0706. The molecule has 1 aliphatic heterocycles. The number of rotatable bonds is 3. The predicted octanol–water partition coefficient (Wildman–Crippen LogP) is 3.00. The molecule has 0 saturated carbocycles. The van der Waals surface area contributed by atoms with Crippen molar-refractivity contribution in [1.82, 2.24) is 15.8 Å². The van der Waals surface area contributed by atoms with Gasteiger partial charge in [-0.2, -0.15) is 0 Å². The highest BCUT2D eigenvalue weighted by Gasteiger charge is 2.24. The number of nitrogens with zero attached hydrogens (tertiary/aromatic N) is 1. The number of ether oxygens (including phenoxy) is 2. The van der Waals surface area contributed by atoms with Crippen molar-refractivity contribution in [2.75, 3.05) is 20.2 Å². The highest BCUT2D eigenvalue weighted by atomic mass is 32.1. The molecule has 0 bridgehead atoms. The van der Waals surface area contributed by atoms with Gasteiger partial charge in [0.15, 0.2) is 17.6 Å². The van der Waals surface area contributed by atoms with Gasteiger partial charge >= 0.3 is 6.03 Å². The molecule has 1 aromatic heterocycles. The van der Waals surface area contributed by atoms with Crippen molar-refractivity contribution in [3.8, 4) is 11.5 Å². The molecule has 1 aromatic carbocycles. The molecule has 3 amide bonds. The quantitative estimate of drug-likeness (QED) is 0.756. The van der Waals surface area contributed by atoms with Crippen molar-refractivity contribution < 1.29 is 19.1 Å². The average molecular weight is 416 g/mol. The maximum absolute atomic E-state index is 12.4. The van der Waals surface area contributed by atoms with E-state index in [1.165, 1.54) is 26.7 Å². The molecule has 154 valence electrons. The fraction of sp³-hybridized carbons (Fsp3) is 0.429. The van der Waals surface area contributed by atoms with Gasteiger partial charge in [-0.1, -0.05) is 19.1 Å². The summed E-state index contributed by atoms with van der Waals surface area (Å²) in [7, 11) is 1.65. The van der Waals surface area contributed by atoms with Crippen LogP contribution in [0.15, 0.2) is 30.3 Å². The average Bonchev–Trinajstić information content (AvgIpc) is 3.15. The number of carbonyl (C=O) groups is 2.